The number of aliphatic hydroxyl groups excluding tert-OH is 1. The van der Waals surface area contributed by atoms with Gasteiger partial charge in [0.15, 0.2) is 0 Å². The molecule has 0 saturated heterocycles. The first-order valence-corrected chi connectivity index (χ1v) is 6.07. The third-order valence-electron chi connectivity index (χ3n) is 3.08. The fourth-order valence-corrected chi connectivity index (χ4v) is 2.15. The van der Waals surface area contributed by atoms with Gasteiger partial charge in [0, 0.05) is 30.1 Å². The zero-order chi connectivity index (χ0) is 13.1. The monoisotopic (exact) mass is 245 g/mol. The van der Waals surface area contributed by atoms with Gasteiger partial charge in [0.2, 0.25) is 0 Å². The molecule has 0 saturated carbocycles. The van der Waals surface area contributed by atoms with E-state index in [2.05, 4.69) is 17.3 Å². The first-order chi connectivity index (χ1) is 8.61. The van der Waals surface area contributed by atoms with Crippen LogP contribution in [-0.2, 0) is 13.7 Å². The van der Waals surface area contributed by atoms with E-state index >= 15 is 0 Å². The number of rotatable bonds is 4. The molecule has 0 fully saturated rings. The largest absolute Gasteiger partial charge is 0.392 e. The molecule has 1 heterocycles. The summed E-state index contributed by atoms with van der Waals surface area (Å²) in [6.45, 7) is 4.14. The number of aliphatic hydroxyl groups is 1. The minimum absolute atomic E-state index is 0.0436. The first-order valence-electron chi connectivity index (χ1n) is 6.07. The maximum atomic E-state index is 9.30. The van der Waals surface area contributed by atoms with Crippen molar-refractivity contribution in [3.63, 3.8) is 0 Å². The highest BCUT2D eigenvalue weighted by Crippen LogP contribution is 2.23. The molecular formula is C14H19N3O. The number of nitrogens with zero attached hydrogens (tertiary/aromatic N) is 2. The molecule has 1 unspecified atom stereocenters. The van der Waals surface area contributed by atoms with Crippen molar-refractivity contribution in [2.75, 3.05) is 5.32 Å². The summed E-state index contributed by atoms with van der Waals surface area (Å²) in [5.74, 6) is 0. The molecule has 0 aliphatic rings. The van der Waals surface area contributed by atoms with Gasteiger partial charge < -0.3 is 10.4 Å². The Morgan fingerprint density at radius 2 is 2.11 bits per heavy atom. The molecule has 1 atom stereocenters. The maximum absolute atomic E-state index is 9.30. The van der Waals surface area contributed by atoms with Crippen LogP contribution in [0.5, 0.6) is 0 Å². The quantitative estimate of drug-likeness (QED) is 0.869. The lowest BCUT2D eigenvalue weighted by atomic mass is 10.1. The zero-order valence-electron chi connectivity index (χ0n) is 11.0. The Labute approximate surface area is 107 Å². The van der Waals surface area contributed by atoms with E-state index in [1.807, 2.05) is 49.1 Å². The van der Waals surface area contributed by atoms with Crippen molar-refractivity contribution in [3.05, 3.63) is 47.3 Å². The molecule has 0 radical (unpaired) electrons. The molecule has 4 heteroatoms. The Kier molecular flexibility index (Phi) is 3.67. The number of aryl methyl sites for hydroxylation is 2. The lowest BCUT2D eigenvalue weighted by Crippen LogP contribution is -2.08. The normalized spacial score (nSPS) is 12.4. The van der Waals surface area contributed by atoms with E-state index in [1.54, 1.807) is 0 Å². The van der Waals surface area contributed by atoms with Crippen LogP contribution in [0.15, 0.2) is 30.5 Å². The summed E-state index contributed by atoms with van der Waals surface area (Å²) >= 11 is 0. The summed E-state index contributed by atoms with van der Waals surface area (Å²) in [5, 5.41) is 17.1. The molecule has 18 heavy (non-hydrogen) atoms. The predicted octanol–water partition coefficient (Wildman–Crippen LogP) is 2.39. The van der Waals surface area contributed by atoms with E-state index in [0.29, 0.717) is 0 Å². The summed E-state index contributed by atoms with van der Waals surface area (Å²) in [6.07, 6.45) is 2.02. The fraction of sp³-hybridized carbons (Fsp3) is 0.357. The number of para-hydroxylation sites is 1. The van der Waals surface area contributed by atoms with Gasteiger partial charge in [-0.25, -0.2) is 0 Å². The molecule has 0 spiro atoms. The summed E-state index contributed by atoms with van der Waals surface area (Å²) in [4.78, 5) is 0. The molecule has 0 bridgehead atoms. The van der Waals surface area contributed by atoms with Crippen LogP contribution in [0.25, 0.3) is 0 Å². The average Bonchev–Trinajstić information content (AvgIpc) is 2.69. The summed E-state index contributed by atoms with van der Waals surface area (Å²) in [7, 11) is 1.92. The maximum Gasteiger partial charge on any atom is 0.0701 e. The average molecular weight is 245 g/mol. The van der Waals surface area contributed by atoms with E-state index in [1.165, 1.54) is 5.56 Å². The van der Waals surface area contributed by atoms with Crippen LogP contribution in [0, 0.1) is 6.92 Å². The topological polar surface area (TPSA) is 50.1 Å². The second-order valence-corrected chi connectivity index (χ2v) is 4.52. The number of hydrogen-bond donors (Lipinski definition) is 2. The van der Waals surface area contributed by atoms with Crippen molar-refractivity contribution in [1.29, 1.82) is 0 Å². The van der Waals surface area contributed by atoms with Crippen LogP contribution in [0.1, 0.15) is 29.8 Å². The minimum Gasteiger partial charge on any atom is -0.392 e. The van der Waals surface area contributed by atoms with E-state index in [0.717, 1.165) is 16.9 Å². The van der Waals surface area contributed by atoms with Crippen molar-refractivity contribution in [1.82, 2.24) is 9.78 Å². The highest BCUT2D eigenvalue weighted by molar-refractivity contribution is 5.52. The van der Waals surface area contributed by atoms with Gasteiger partial charge in [0.25, 0.3) is 0 Å². The molecule has 0 amide bonds. The second-order valence-electron chi connectivity index (χ2n) is 4.52. The van der Waals surface area contributed by atoms with Gasteiger partial charge in [-0.1, -0.05) is 18.2 Å². The van der Waals surface area contributed by atoms with E-state index in [9.17, 15) is 5.11 Å². The Balaban J connectivity index is 2.21. The van der Waals surface area contributed by atoms with Crippen molar-refractivity contribution >= 4 is 5.69 Å². The number of benzene rings is 1. The van der Waals surface area contributed by atoms with Crippen LogP contribution >= 0.6 is 0 Å². The van der Waals surface area contributed by atoms with Gasteiger partial charge in [-0.15, -0.1) is 0 Å². The van der Waals surface area contributed by atoms with Crippen molar-refractivity contribution in [2.24, 2.45) is 7.05 Å². The third-order valence-corrected chi connectivity index (χ3v) is 3.08. The fourth-order valence-electron chi connectivity index (χ4n) is 2.15. The lowest BCUT2D eigenvalue weighted by molar-refractivity contribution is 0.282. The Morgan fingerprint density at radius 1 is 1.39 bits per heavy atom. The van der Waals surface area contributed by atoms with Crippen molar-refractivity contribution < 1.29 is 5.11 Å². The van der Waals surface area contributed by atoms with Crippen LogP contribution in [-0.4, -0.2) is 14.9 Å². The number of anilines is 1. The van der Waals surface area contributed by atoms with Gasteiger partial charge in [-0.3, -0.25) is 4.68 Å². The van der Waals surface area contributed by atoms with Gasteiger partial charge in [-0.05, 0) is 19.9 Å². The third kappa shape index (κ3) is 2.54. The lowest BCUT2D eigenvalue weighted by Gasteiger charge is -2.17. The molecule has 1 aromatic carbocycles. The number of nitrogens with one attached hydrogen (secondary N) is 1. The molecule has 2 N–H and O–H groups in total. The van der Waals surface area contributed by atoms with Crippen LogP contribution in [0.3, 0.4) is 0 Å². The van der Waals surface area contributed by atoms with Crippen LogP contribution < -0.4 is 5.32 Å². The van der Waals surface area contributed by atoms with E-state index in [-0.39, 0.29) is 12.6 Å². The minimum atomic E-state index is 0.0436. The Bertz CT molecular complexity index is 534. The highest BCUT2D eigenvalue weighted by Gasteiger charge is 2.12. The van der Waals surface area contributed by atoms with Crippen molar-refractivity contribution in [2.45, 2.75) is 26.5 Å². The van der Waals surface area contributed by atoms with Gasteiger partial charge in [-0.2, -0.15) is 5.10 Å². The standard InChI is InChI=1S/C14H19N3O/c1-10(13-8-17(3)16-11(13)2)15-14-7-5-4-6-12(14)9-18/h4-8,10,15,18H,9H2,1-3H3. The number of aromatic nitrogens is 2. The molecule has 96 valence electrons. The Hall–Kier alpha value is -1.81. The Morgan fingerprint density at radius 3 is 2.72 bits per heavy atom. The SMILES string of the molecule is Cc1nn(C)cc1C(C)Nc1ccccc1CO. The zero-order valence-corrected chi connectivity index (χ0v) is 11.0. The molecule has 2 aromatic rings. The first kappa shape index (κ1) is 12.6. The molecule has 0 aliphatic heterocycles. The molecule has 4 nitrogen and oxygen atoms in total. The van der Waals surface area contributed by atoms with Crippen molar-refractivity contribution in [3.8, 4) is 0 Å². The van der Waals surface area contributed by atoms with Gasteiger partial charge in [0.1, 0.15) is 0 Å². The summed E-state index contributed by atoms with van der Waals surface area (Å²) in [6, 6.07) is 7.95. The van der Waals surface area contributed by atoms with Crippen LogP contribution in [0.2, 0.25) is 0 Å². The number of hydrogen-bond acceptors (Lipinski definition) is 3. The molecular weight excluding hydrogens is 226 g/mol. The van der Waals surface area contributed by atoms with E-state index in [4.69, 9.17) is 0 Å². The molecule has 1 aromatic heterocycles. The van der Waals surface area contributed by atoms with Gasteiger partial charge >= 0.3 is 0 Å². The summed E-state index contributed by atoms with van der Waals surface area (Å²) in [5.41, 5.74) is 4.07. The van der Waals surface area contributed by atoms with E-state index < -0.39 is 0 Å². The van der Waals surface area contributed by atoms with Crippen LogP contribution in [0.4, 0.5) is 5.69 Å². The highest BCUT2D eigenvalue weighted by atomic mass is 16.3. The molecule has 2 rings (SSSR count). The molecule has 0 aliphatic carbocycles. The predicted molar refractivity (Wildman–Crippen MR) is 72.3 cm³/mol. The second kappa shape index (κ2) is 5.23. The summed E-state index contributed by atoms with van der Waals surface area (Å²) < 4.78 is 1.82. The van der Waals surface area contributed by atoms with Gasteiger partial charge in [0.05, 0.1) is 18.3 Å². The smallest absolute Gasteiger partial charge is 0.0701 e.